The number of hydrogen-bond donors (Lipinski definition) is 0. The van der Waals surface area contributed by atoms with Gasteiger partial charge in [-0.3, -0.25) is 0 Å². The molecule has 130 valence electrons. The summed E-state index contributed by atoms with van der Waals surface area (Å²) in [6.45, 7) is 0. The molecule has 0 bridgehead atoms. The summed E-state index contributed by atoms with van der Waals surface area (Å²) in [5, 5.41) is 1.66. The topological polar surface area (TPSA) is 52.1 Å². The van der Waals surface area contributed by atoms with E-state index in [1.54, 1.807) is 0 Å². The summed E-state index contributed by atoms with van der Waals surface area (Å²) in [5.41, 5.74) is 1.61. The first-order valence-electron chi connectivity index (χ1n) is 8.09. The molecule has 0 atom stereocenters. The van der Waals surface area contributed by atoms with Gasteiger partial charge in [-0.1, -0.05) is 24.3 Å². The van der Waals surface area contributed by atoms with E-state index in [1.807, 2.05) is 60.7 Å². The molecular formula is C20H10N2O2S3. The SMILES string of the molecule is S=c1oc(-c2ccc(-c3nc4ccccc4c(=S)o3)s2)nc2ccccc12. The van der Waals surface area contributed by atoms with E-state index < -0.39 is 0 Å². The first kappa shape index (κ1) is 16.4. The lowest BCUT2D eigenvalue weighted by molar-refractivity contribution is 0.542. The van der Waals surface area contributed by atoms with E-state index in [0.29, 0.717) is 21.2 Å². The van der Waals surface area contributed by atoms with Gasteiger partial charge in [-0.2, -0.15) is 0 Å². The largest absolute Gasteiger partial charge is 0.425 e. The fraction of sp³-hybridized carbons (Fsp3) is 0. The average molecular weight is 407 g/mol. The van der Waals surface area contributed by atoms with E-state index in [9.17, 15) is 0 Å². The monoisotopic (exact) mass is 406 g/mol. The Morgan fingerprint density at radius 3 is 1.56 bits per heavy atom. The summed E-state index contributed by atoms with van der Waals surface area (Å²) >= 11 is 12.2. The molecule has 3 heterocycles. The van der Waals surface area contributed by atoms with Gasteiger partial charge in [0.1, 0.15) is 0 Å². The van der Waals surface area contributed by atoms with Crippen LogP contribution in [0.1, 0.15) is 0 Å². The third kappa shape index (κ3) is 2.90. The third-order valence-electron chi connectivity index (χ3n) is 4.10. The Bertz CT molecular complexity index is 1320. The van der Waals surface area contributed by atoms with Crippen molar-refractivity contribution < 1.29 is 8.83 Å². The van der Waals surface area contributed by atoms with Crippen LogP contribution in [0.15, 0.2) is 69.5 Å². The van der Waals surface area contributed by atoms with Crippen molar-refractivity contribution in [2.45, 2.75) is 0 Å². The quantitative estimate of drug-likeness (QED) is 0.300. The van der Waals surface area contributed by atoms with Gasteiger partial charge in [0.15, 0.2) is 0 Å². The highest BCUT2D eigenvalue weighted by molar-refractivity contribution is 7.71. The minimum absolute atomic E-state index is 0.423. The van der Waals surface area contributed by atoms with Gasteiger partial charge in [-0.15, -0.1) is 11.3 Å². The lowest BCUT2D eigenvalue weighted by atomic mass is 10.2. The van der Waals surface area contributed by atoms with E-state index in [-0.39, 0.29) is 0 Å². The average Bonchev–Trinajstić information content (AvgIpc) is 3.18. The molecule has 0 saturated carbocycles. The zero-order chi connectivity index (χ0) is 18.4. The number of nitrogens with zero attached hydrogens (tertiary/aromatic N) is 2. The summed E-state index contributed by atoms with van der Waals surface area (Å²) < 4.78 is 12.4. The zero-order valence-corrected chi connectivity index (χ0v) is 16.2. The molecule has 4 nitrogen and oxygen atoms in total. The Balaban J connectivity index is 1.63. The van der Waals surface area contributed by atoms with Gasteiger partial charge in [-0.05, 0) is 60.8 Å². The molecule has 3 aromatic heterocycles. The molecule has 27 heavy (non-hydrogen) atoms. The van der Waals surface area contributed by atoms with Crippen molar-refractivity contribution in [3.05, 3.63) is 70.1 Å². The molecule has 5 aromatic rings. The minimum atomic E-state index is 0.423. The van der Waals surface area contributed by atoms with Crippen LogP contribution in [0.4, 0.5) is 0 Å². The molecule has 0 fully saturated rings. The molecule has 0 N–H and O–H groups in total. The van der Waals surface area contributed by atoms with Crippen molar-refractivity contribution in [2.24, 2.45) is 0 Å². The van der Waals surface area contributed by atoms with Crippen molar-refractivity contribution in [1.82, 2.24) is 9.97 Å². The highest BCUT2D eigenvalue weighted by atomic mass is 32.1. The predicted octanol–water partition coefficient (Wildman–Crippen LogP) is 6.82. The maximum absolute atomic E-state index is 5.76. The fourth-order valence-corrected chi connectivity index (χ4v) is 4.18. The first-order chi connectivity index (χ1) is 13.2. The number of thiophene rings is 1. The normalized spacial score (nSPS) is 11.3. The van der Waals surface area contributed by atoms with Crippen LogP contribution in [-0.2, 0) is 0 Å². The first-order valence-corrected chi connectivity index (χ1v) is 9.73. The van der Waals surface area contributed by atoms with Gasteiger partial charge in [0.05, 0.1) is 31.6 Å². The predicted molar refractivity (Wildman–Crippen MR) is 112 cm³/mol. The van der Waals surface area contributed by atoms with Crippen molar-refractivity contribution in [3.63, 3.8) is 0 Å². The molecule has 0 unspecified atom stereocenters. The van der Waals surface area contributed by atoms with E-state index in [2.05, 4.69) is 9.97 Å². The number of aromatic nitrogens is 2. The smallest absolute Gasteiger partial charge is 0.238 e. The van der Waals surface area contributed by atoms with Crippen LogP contribution >= 0.6 is 35.8 Å². The number of fused-ring (bicyclic) bond motifs is 2. The lowest BCUT2D eigenvalue weighted by Gasteiger charge is -2.01. The van der Waals surface area contributed by atoms with Gasteiger partial charge >= 0.3 is 0 Å². The molecule has 0 aliphatic heterocycles. The molecule has 0 spiro atoms. The molecule has 0 aliphatic rings. The molecular weight excluding hydrogens is 396 g/mol. The van der Waals surface area contributed by atoms with Crippen LogP contribution in [0.5, 0.6) is 0 Å². The van der Waals surface area contributed by atoms with Crippen molar-refractivity contribution in [2.75, 3.05) is 0 Å². The highest BCUT2D eigenvalue weighted by Gasteiger charge is 2.13. The second kappa shape index (κ2) is 6.45. The van der Waals surface area contributed by atoms with Crippen LogP contribution in [0, 0.1) is 9.41 Å². The summed E-state index contributed by atoms with van der Waals surface area (Å²) in [5.74, 6) is 0.962. The number of benzene rings is 2. The molecule has 0 amide bonds. The zero-order valence-electron chi connectivity index (χ0n) is 13.7. The third-order valence-corrected chi connectivity index (χ3v) is 5.77. The van der Waals surface area contributed by atoms with E-state index in [0.717, 1.165) is 31.6 Å². The van der Waals surface area contributed by atoms with E-state index >= 15 is 0 Å². The van der Waals surface area contributed by atoms with Crippen LogP contribution in [0.3, 0.4) is 0 Å². The van der Waals surface area contributed by atoms with Crippen molar-refractivity contribution >= 4 is 57.6 Å². The second-order valence-electron chi connectivity index (χ2n) is 5.81. The van der Waals surface area contributed by atoms with Gasteiger partial charge in [0.2, 0.25) is 21.2 Å². The van der Waals surface area contributed by atoms with Gasteiger partial charge in [0.25, 0.3) is 0 Å². The molecule has 5 rings (SSSR count). The summed E-state index contributed by atoms with van der Waals surface area (Å²) in [4.78, 5) is 10.9. The van der Waals surface area contributed by atoms with Gasteiger partial charge < -0.3 is 8.83 Å². The molecule has 0 aliphatic carbocycles. The molecule has 0 radical (unpaired) electrons. The lowest BCUT2D eigenvalue weighted by Crippen LogP contribution is -1.84. The minimum Gasteiger partial charge on any atom is -0.425 e. The maximum Gasteiger partial charge on any atom is 0.238 e. The Morgan fingerprint density at radius 2 is 1.07 bits per heavy atom. The maximum atomic E-state index is 5.76. The Labute approximate surface area is 167 Å². The Kier molecular flexibility index (Phi) is 3.93. The molecule has 0 saturated heterocycles. The van der Waals surface area contributed by atoms with Crippen LogP contribution < -0.4 is 0 Å². The summed E-state index contributed by atoms with van der Waals surface area (Å²) in [6, 6.07) is 19.2. The summed E-state index contributed by atoms with van der Waals surface area (Å²) in [6.07, 6.45) is 0. The van der Waals surface area contributed by atoms with Crippen LogP contribution in [0.2, 0.25) is 0 Å². The number of hydrogen-bond acceptors (Lipinski definition) is 7. The summed E-state index contributed by atoms with van der Waals surface area (Å²) in [7, 11) is 0. The molecule has 2 aromatic carbocycles. The standard InChI is InChI=1S/C20H10N2O2S3/c25-19-11-5-1-3-7-13(11)21-17(23-19)15-9-10-16(27-15)18-22-14-8-4-2-6-12(14)20(26)24-18/h1-10H. The Morgan fingerprint density at radius 1 is 0.630 bits per heavy atom. The van der Waals surface area contributed by atoms with E-state index in [4.69, 9.17) is 33.3 Å². The number of para-hydroxylation sites is 2. The second-order valence-corrected chi connectivity index (χ2v) is 7.64. The van der Waals surface area contributed by atoms with Gasteiger partial charge in [0, 0.05) is 0 Å². The van der Waals surface area contributed by atoms with E-state index in [1.165, 1.54) is 11.3 Å². The highest BCUT2D eigenvalue weighted by Crippen LogP contribution is 2.34. The Hall–Kier alpha value is -2.74. The van der Waals surface area contributed by atoms with Gasteiger partial charge in [-0.25, -0.2) is 9.97 Å². The van der Waals surface area contributed by atoms with Crippen LogP contribution in [0.25, 0.3) is 43.3 Å². The van der Waals surface area contributed by atoms with Crippen molar-refractivity contribution in [3.8, 4) is 21.5 Å². The van der Waals surface area contributed by atoms with Crippen LogP contribution in [-0.4, -0.2) is 9.97 Å². The van der Waals surface area contributed by atoms with Crippen molar-refractivity contribution in [1.29, 1.82) is 0 Å². The fourth-order valence-electron chi connectivity index (χ4n) is 2.82. The number of rotatable bonds is 2. The molecule has 7 heteroatoms.